The maximum Gasteiger partial charge on any atom is 0.224 e. The quantitative estimate of drug-likeness (QED) is 0.811. The molecule has 148 valence electrons. The molecule has 1 aliphatic carbocycles. The molecule has 0 radical (unpaired) electrons. The smallest absolute Gasteiger partial charge is 0.224 e. The second kappa shape index (κ2) is 7.95. The van der Waals surface area contributed by atoms with E-state index in [1.54, 1.807) is 0 Å². The summed E-state index contributed by atoms with van der Waals surface area (Å²) in [5.74, 6) is 2.64. The van der Waals surface area contributed by atoms with Crippen molar-refractivity contribution in [3.8, 4) is 0 Å². The molecular weight excluding hydrogens is 372 g/mol. The van der Waals surface area contributed by atoms with Crippen molar-refractivity contribution in [2.45, 2.75) is 52.1 Å². The van der Waals surface area contributed by atoms with Crippen molar-refractivity contribution in [1.29, 1.82) is 0 Å². The SMILES string of the molecule is C.Clc1ccccc1N1Cc2cnc(NC3CCCCC3)nc2N2CCN=C12. The van der Waals surface area contributed by atoms with Crippen LogP contribution in [-0.4, -0.2) is 35.1 Å². The van der Waals surface area contributed by atoms with E-state index in [-0.39, 0.29) is 7.43 Å². The number of para-hydroxylation sites is 1. The van der Waals surface area contributed by atoms with Crippen LogP contribution in [0.2, 0.25) is 5.02 Å². The molecule has 3 heterocycles. The minimum atomic E-state index is 0. The van der Waals surface area contributed by atoms with E-state index in [9.17, 15) is 0 Å². The van der Waals surface area contributed by atoms with E-state index in [1.807, 2.05) is 30.5 Å². The van der Waals surface area contributed by atoms with Gasteiger partial charge in [0.1, 0.15) is 5.82 Å². The van der Waals surface area contributed by atoms with Crippen LogP contribution in [0.5, 0.6) is 0 Å². The standard InChI is InChI=1S/C20H23ClN6.CH4/c21-16-8-4-5-9-17(16)27-13-14-12-23-19(24-15-6-2-1-3-7-15)25-18(14)26-11-10-22-20(26)27;/h4-5,8-9,12,15H,1-3,6-7,10-11,13H2,(H,23,24,25);1H4. The predicted octanol–water partition coefficient (Wildman–Crippen LogP) is 4.71. The van der Waals surface area contributed by atoms with Crippen LogP contribution in [0.15, 0.2) is 35.5 Å². The van der Waals surface area contributed by atoms with Crippen LogP contribution < -0.4 is 15.1 Å². The van der Waals surface area contributed by atoms with Crippen molar-refractivity contribution in [2.75, 3.05) is 28.2 Å². The van der Waals surface area contributed by atoms with Gasteiger partial charge in [-0.2, -0.15) is 4.98 Å². The van der Waals surface area contributed by atoms with Gasteiger partial charge >= 0.3 is 0 Å². The van der Waals surface area contributed by atoms with Gasteiger partial charge in [-0.1, -0.05) is 50.4 Å². The molecule has 1 aromatic heterocycles. The Kier molecular flexibility index (Phi) is 5.40. The highest BCUT2D eigenvalue weighted by atomic mass is 35.5. The number of halogens is 1. The fourth-order valence-corrected chi connectivity index (χ4v) is 4.45. The van der Waals surface area contributed by atoms with Crippen LogP contribution in [0.25, 0.3) is 0 Å². The summed E-state index contributed by atoms with van der Waals surface area (Å²) in [5.41, 5.74) is 2.07. The van der Waals surface area contributed by atoms with Gasteiger partial charge in [-0.3, -0.25) is 9.89 Å². The van der Waals surface area contributed by atoms with Gasteiger partial charge in [-0.25, -0.2) is 4.98 Å². The van der Waals surface area contributed by atoms with Gasteiger partial charge < -0.3 is 10.2 Å². The number of hydrogen-bond acceptors (Lipinski definition) is 6. The molecule has 1 N–H and O–H groups in total. The summed E-state index contributed by atoms with van der Waals surface area (Å²) >= 11 is 6.45. The van der Waals surface area contributed by atoms with Gasteiger partial charge in [-0.15, -0.1) is 0 Å². The van der Waals surface area contributed by atoms with Crippen LogP contribution >= 0.6 is 11.6 Å². The summed E-state index contributed by atoms with van der Waals surface area (Å²) in [4.78, 5) is 18.5. The van der Waals surface area contributed by atoms with E-state index in [0.717, 1.165) is 47.1 Å². The largest absolute Gasteiger partial charge is 0.351 e. The predicted molar refractivity (Wildman–Crippen MR) is 117 cm³/mol. The van der Waals surface area contributed by atoms with Crippen molar-refractivity contribution in [3.05, 3.63) is 41.0 Å². The first-order chi connectivity index (χ1) is 13.3. The third kappa shape index (κ3) is 3.41. The molecule has 3 aliphatic rings. The Morgan fingerprint density at radius 1 is 1.07 bits per heavy atom. The van der Waals surface area contributed by atoms with Crippen LogP contribution in [0, 0.1) is 0 Å². The van der Waals surface area contributed by atoms with Crippen molar-refractivity contribution in [1.82, 2.24) is 9.97 Å². The van der Waals surface area contributed by atoms with E-state index >= 15 is 0 Å². The monoisotopic (exact) mass is 398 g/mol. The maximum atomic E-state index is 6.45. The molecular formula is C21H27ClN6. The molecule has 1 aromatic carbocycles. The van der Waals surface area contributed by atoms with Gasteiger partial charge in [-0.05, 0) is 25.0 Å². The number of benzene rings is 1. The molecule has 0 atom stereocenters. The highest BCUT2D eigenvalue weighted by molar-refractivity contribution is 6.34. The Labute approximate surface area is 171 Å². The second-order valence-corrected chi connectivity index (χ2v) is 7.80. The average molecular weight is 399 g/mol. The Balaban J connectivity index is 0.00000192. The van der Waals surface area contributed by atoms with Gasteiger partial charge in [0.15, 0.2) is 0 Å². The zero-order valence-corrected chi connectivity index (χ0v) is 16.0. The van der Waals surface area contributed by atoms with Crippen LogP contribution in [0.3, 0.4) is 0 Å². The molecule has 0 unspecified atom stereocenters. The van der Waals surface area contributed by atoms with E-state index in [4.69, 9.17) is 21.6 Å². The zero-order valence-electron chi connectivity index (χ0n) is 15.2. The van der Waals surface area contributed by atoms with Gasteiger partial charge in [0.05, 0.1) is 23.8 Å². The zero-order chi connectivity index (χ0) is 18.2. The fraction of sp³-hybridized carbons (Fsp3) is 0.476. The number of fused-ring (bicyclic) bond motifs is 3. The van der Waals surface area contributed by atoms with E-state index < -0.39 is 0 Å². The van der Waals surface area contributed by atoms with Crippen molar-refractivity contribution >= 4 is 35.0 Å². The van der Waals surface area contributed by atoms with Gasteiger partial charge in [0.2, 0.25) is 11.9 Å². The number of guanidine groups is 1. The van der Waals surface area contributed by atoms with Crippen LogP contribution in [-0.2, 0) is 6.54 Å². The molecule has 2 aromatic rings. The summed E-state index contributed by atoms with van der Waals surface area (Å²) in [6.45, 7) is 2.28. The molecule has 0 bridgehead atoms. The number of nitrogens with zero attached hydrogens (tertiary/aromatic N) is 5. The highest BCUT2D eigenvalue weighted by Crippen LogP contribution is 2.35. The molecule has 1 saturated carbocycles. The fourth-order valence-electron chi connectivity index (χ4n) is 4.21. The third-order valence-corrected chi connectivity index (χ3v) is 5.89. The summed E-state index contributed by atoms with van der Waals surface area (Å²) in [7, 11) is 0. The highest BCUT2D eigenvalue weighted by Gasteiger charge is 2.34. The number of hydrogen-bond donors (Lipinski definition) is 1. The number of nitrogens with one attached hydrogen (secondary N) is 1. The first kappa shape index (κ1) is 19.0. The van der Waals surface area contributed by atoms with E-state index in [1.165, 1.54) is 32.1 Å². The van der Waals surface area contributed by atoms with E-state index in [0.29, 0.717) is 12.6 Å². The molecule has 28 heavy (non-hydrogen) atoms. The number of rotatable bonds is 3. The molecule has 5 rings (SSSR count). The van der Waals surface area contributed by atoms with Gasteiger partial charge in [0, 0.05) is 24.3 Å². The average Bonchev–Trinajstić information content (AvgIpc) is 3.19. The Bertz CT molecular complexity index is 877. The molecule has 0 spiro atoms. The lowest BCUT2D eigenvalue weighted by molar-refractivity contribution is 0.461. The first-order valence-electron chi connectivity index (χ1n) is 9.76. The maximum absolute atomic E-state index is 6.45. The molecule has 0 saturated heterocycles. The summed E-state index contributed by atoms with van der Waals surface area (Å²) in [5, 5.41) is 4.27. The first-order valence-corrected chi connectivity index (χ1v) is 10.1. The lowest BCUT2D eigenvalue weighted by atomic mass is 9.96. The number of aromatic nitrogens is 2. The lowest BCUT2D eigenvalue weighted by Gasteiger charge is -2.36. The summed E-state index contributed by atoms with van der Waals surface area (Å²) in [6.07, 6.45) is 8.28. The lowest BCUT2D eigenvalue weighted by Crippen LogP contribution is -2.47. The molecule has 7 heteroatoms. The minimum absolute atomic E-state index is 0. The molecule has 6 nitrogen and oxygen atoms in total. The van der Waals surface area contributed by atoms with Gasteiger partial charge in [0.25, 0.3) is 0 Å². The molecule has 1 fully saturated rings. The van der Waals surface area contributed by atoms with Crippen molar-refractivity contribution in [2.24, 2.45) is 4.99 Å². The molecule has 0 amide bonds. The normalized spacial score (nSPS) is 18.8. The van der Waals surface area contributed by atoms with Crippen molar-refractivity contribution < 1.29 is 0 Å². The number of aliphatic imine (C=N–C) groups is 1. The second-order valence-electron chi connectivity index (χ2n) is 7.39. The topological polar surface area (TPSA) is 56.7 Å². The summed E-state index contributed by atoms with van der Waals surface area (Å²) < 4.78 is 0. The third-order valence-electron chi connectivity index (χ3n) is 5.57. The minimum Gasteiger partial charge on any atom is -0.351 e. The molecule has 2 aliphatic heterocycles. The number of anilines is 3. The van der Waals surface area contributed by atoms with E-state index in [2.05, 4.69) is 20.1 Å². The van der Waals surface area contributed by atoms with Crippen LogP contribution in [0.1, 0.15) is 45.1 Å². The summed E-state index contributed by atoms with van der Waals surface area (Å²) in [6, 6.07) is 8.40. The van der Waals surface area contributed by atoms with Crippen molar-refractivity contribution in [3.63, 3.8) is 0 Å². The Morgan fingerprint density at radius 3 is 2.71 bits per heavy atom. The van der Waals surface area contributed by atoms with Crippen LogP contribution in [0.4, 0.5) is 17.5 Å². The Hall–Kier alpha value is -2.34. The Morgan fingerprint density at radius 2 is 1.89 bits per heavy atom.